The van der Waals surface area contributed by atoms with E-state index >= 15 is 0 Å². The molecule has 17 heavy (non-hydrogen) atoms. The Kier molecular flexibility index (Phi) is 5.13. The molecular formula is C12H22N2O2S. The smallest absolute Gasteiger partial charge is 0.230 e. The summed E-state index contributed by atoms with van der Waals surface area (Å²) in [5.74, 6) is 0.798. The second-order valence-corrected chi connectivity index (χ2v) is 6.14. The number of nitrogens with one attached hydrogen (secondary N) is 2. The molecule has 1 saturated heterocycles. The van der Waals surface area contributed by atoms with E-state index in [9.17, 15) is 4.79 Å². The minimum absolute atomic E-state index is 0.188. The normalized spacial score (nSPS) is 29.7. The number of amides is 1. The third-order valence-corrected chi connectivity index (χ3v) is 4.90. The number of hydrogen-bond acceptors (Lipinski definition) is 4. The van der Waals surface area contributed by atoms with Gasteiger partial charge in [-0.3, -0.25) is 4.79 Å². The minimum Gasteiger partial charge on any atom is -0.381 e. The summed E-state index contributed by atoms with van der Waals surface area (Å²) in [6, 6.07) is 0.348. The fraction of sp³-hybridized carbons (Fsp3) is 0.917. The van der Waals surface area contributed by atoms with Gasteiger partial charge in [-0.1, -0.05) is 0 Å². The zero-order chi connectivity index (χ0) is 12.1. The van der Waals surface area contributed by atoms with Crippen molar-refractivity contribution in [1.82, 2.24) is 10.6 Å². The fourth-order valence-corrected chi connectivity index (χ4v) is 3.34. The topological polar surface area (TPSA) is 50.4 Å². The first kappa shape index (κ1) is 13.2. The molecule has 2 fully saturated rings. The predicted molar refractivity (Wildman–Crippen MR) is 70.3 cm³/mol. The van der Waals surface area contributed by atoms with Crippen LogP contribution >= 0.6 is 11.8 Å². The molecule has 0 radical (unpaired) electrons. The standard InChI is InChI=1S/C12H22N2O2S/c1-16-10-6-9(7-10)14-12(15)8-17-11-2-4-13-5-3-11/h9-11,13H,2-8H2,1H3,(H,14,15). The number of carbonyl (C=O) groups excluding carboxylic acids is 1. The average molecular weight is 258 g/mol. The monoisotopic (exact) mass is 258 g/mol. The van der Waals surface area contributed by atoms with E-state index in [1.165, 1.54) is 12.8 Å². The molecule has 2 aliphatic rings. The highest BCUT2D eigenvalue weighted by Crippen LogP contribution is 2.23. The van der Waals surface area contributed by atoms with Gasteiger partial charge in [-0.05, 0) is 38.8 Å². The zero-order valence-electron chi connectivity index (χ0n) is 10.4. The molecule has 0 aromatic heterocycles. The van der Waals surface area contributed by atoms with Crippen LogP contribution < -0.4 is 10.6 Å². The van der Waals surface area contributed by atoms with Gasteiger partial charge in [-0.15, -0.1) is 11.8 Å². The van der Waals surface area contributed by atoms with E-state index < -0.39 is 0 Å². The number of carbonyl (C=O) groups is 1. The van der Waals surface area contributed by atoms with Crippen molar-refractivity contribution in [2.45, 2.75) is 43.1 Å². The lowest BCUT2D eigenvalue weighted by Gasteiger charge is -2.34. The molecule has 2 N–H and O–H groups in total. The maximum Gasteiger partial charge on any atom is 0.230 e. The quantitative estimate of drug-likeness (QED) is 0.764. The molecule has 1 saturated carbocycles. The summed E-state index contributed by atoms with van der Waals surface area (Å²) in [4.78, 5) is 11.7. The summed E-state index contributed by atoms with van der Waals surface area (Å²) >= 11 is 1.81. The SMILES string of the molecule is COC1CC(NC(=O)CSC2CCNCC2)C1. The van der Waals surface area contributed by atoms with E-state index in [-0.39, 0.29) is 5.91 Å². The van der Waals surface area contributed by atoms with Crippen LogP contribution in [0, 0.1) is 0 Å². The summed E-state index contributed by atoms with van der Waals surface area (Å²) in [5, 5.41) is 7.06. The van der Waals surface area contributed by atoms with Gasteiger partial charge in [0.25, 0.3) is 0 Å². The summed E-state index contributed by atoms with van der Waals surface area (Å²) in [5.41, 5.74) is 0. The molecule has 0 aromatic carbocycles. The lowest BCUT2D eigenvalue weighted by atomic mass is 9.89. The molecular weight excluding hydrogens is 236 g/mol. The van der Waals surface area contributed by atoms with Crippen molar-refractivity contribution in [2.24, 2.45) is 0 Å². The lowest BCUT2D eigenvalue weighted by Crippen LogP contribution is -2.48. The van der Waals surface area contributed by atoms with Crippen molar-refractivity contribution in [3.05, 3.63) is 0 Å². The van der Waals surface area contributed by atoms with Crippen LogP contribution in [0.2, 0.25) is 0 Å². The molecule has 0 bridgehead atoms. The Hall–Kier alpha value is -0.260. The lowest BCUT2D eigenvalue weighted by molar-refractivity contribution is -0.120. The summed E-state index contributed by atoms with van der Waals surface area (Å²) in [6.45, 7) is 2.19. The van der Waals surface area contributed by atoms with Gasteiger partial charge in [-0.25, -0.2) is 0 Å². The molecule has 0 unspecified atom stereocenters. The Morgan fingerprint density at radius 3 is 2.76 bits per heavy atom. The molecule has 0 aromatic rings. The summed E-state index contributed by atoms with van der Waals surface area (Å²) in [7, 11) is 1.73. The number of rotatable bonds is 5. The van der Waals surface area contributed by atoms with E-state index in [4.69, 9.17) is 4.74 Å². The van der Waals surface area contributed by atoms with Crippen molar-refractivity contribution in [2.75, 3.05) is 26.0 Å². The van der Waals surface area contributed by atoms with Gasteiger partial charge in [0.15, 0.2) is 0 Å². The van der Waals surface area contributed by atoms with Crippen LogP contribution in [0.25, 0.3) is 0 Å². The molecule has 0 spiro atoms. The summed E-state index contributed by atoms with van der Waals surface area (Å²) in [6.07, 6.45) is 4.68. The van der Waals surface area contributed by atoms with Gasteiger partial charge in [0.05, 0.1) is 11.9 Å². The van der Waals surface area contributed by atoms with E-state index in [0.717, 1.165) is 25.9 Å². The maximum absolute atomic E-state index is 11.7. The summed E-state index contributed by atoms with van der Waals surface area (Å²) < 4.78 is 5.19. The van der Waals surface area contributed by atoms with Crippen LogP contribution in [0.15, 0.2) is 0 Å². The molecule has 1 aliphatic heterocycles. The molecule has 1 aliphatic carbocycles. The van der Waals surface area contributed by atoms with Gasteiger partial charge in [0.1, 0.15) is 0 Å². The van der Waals surface area contributed by atoms with Crippen LogP contribution in [0.3, 0.4) is 0 Å². The predicted octanol–water partition coefficient (Wildman–Crippen LogP) is 0.765. The minimum atomic E-state index is 0.188. The van der Waals surface area contributed by atoms with E-state index in [0.29, 0.717) is 23.1 Å². The van der Waals surface area contributed by atoms with Gasteiger partial charge in [-0.2, -0.15) is 0 Å². The average Bonchev–Trinajstić information content (AvgIpc) is 2.32. The van der Waals surface area contributed by atoms with Crippen LogP contribution in [0.5, 0.6) is 0 Å². The molecule has 5 heteroatoms. The fourth-order valence-electron chi connectivity index (χ4n) is 2.30. The largest absolute Gasteiger partial charge is 0.381 e. The highest BCUT2D eigenvalue weighted by molar-refractivity contribution is 8.00. The van der Waals surface area contributed by atoms with Gasteiger partial charge < -0.3 is 15.4 Å². The Morgan fingerprint density at radius 2 is 2.12 bits per heavy atom. The van der Waals surface area contributed by atoms with Crippen LogP contribution in [0.1, 0.15) is 25.7 Å². The number of hydrogen-bond donors (Lipinski definition) is 2. The second kappa shape index (κ2) is 6.61. The van der Waals surface area contributed by atoms with Crippen molar-refractivity contribution in [3.63, 3.8) is 0 Å². The Balaban J connectivity index is 1.55. The van der Waals surface area contributed by atoms with Crippen molar-refractivity contribution in [1.29, 1.82) is 0 Å². The van der Waals surface area contributed by atoms with E-state index in [1.54, 1.807) is 18.9 Å². The number of piperidine rings is 1. The highest BCUT2D eigenvalue weighted by atomic mass is 32.2. The molecule has 0 atom stereocenters. The highest BCUT2D eigenvalue weighted by Gasteiger charge is 2.30. The Bertz CT molecular complexity index is 251. The number of thioether (sulfide) groups is 1. The Morgan fingerprint density at radius 1 is 1.41 bits per heavy atom. The van der Waals surface area contributed by atoms with E-state index in [2.05, 4.69) is 10.6 Å². The third-order valence-electron chi connectivity index (χ3n) is 3.53. The number of methoxy groups -OCH3 is 1. The molecule has 1 amide bonds. The molecule has 2 rings (SSSR count). The number of ether oxygens (including phenoxy) is 1. The van der Waals surface area contributed by atoms with Gasteiger partial charge in [0, 0.05) is 18.4 Å². The first-order chi connectivity index (χ1) is 8.28. The van der Waals surface area contributed by atoms with Crippen LogP contribution in [-0.2, 0) is 9.53 Å². The maximum atomic E-state index is 11.7. The van der Waals surface area contributed by atoms with Crippen molar-refractivity contribution < 1.29 is 9.53 Å². The first-order valence-corrected chi connectivity index (χ1v) is 7.47. The molecule has 1 heterocycles. The second-order valence-electron chi connectivity index (χ2n) is 4.85. The van der Waals surface area contributed by atoms with E-state index in [1.807, 2.05) is 0 Å². The Labute approximate surface area is 107 Å². The molecule has 4 nitrogen and oxygen atoms in total. The van der Waals surface area contributed by atoms with Crippen molar-refractivity contribution >= 4 is 17.7 Å². The first-order valence-electron chi connectivity index (χ1n) is 6.42. The van der Waals surface area contributed by atoms with Gasteiger partial charge in [0.2, 0.25) is 5.91 Å². The molecule has 98 valence electrons. The van der Waals surface area contributed by atoms with Gasteiger partial charge >= 0.3 is 0 Å². The van der Waals surface area contributed by atoms with Crippen LogP contribution in [-0.4, -0.2) is 49.3 Å². The van der Waals surface area contributed by atoms with Crippen molar-refractivity contribution in [3.8, 4) is 0 Å². The van der Waals surface area contributed by atoms with Crippen LogP contribution in [0.4, 0.5) is 0 Å². The third kappa shape index (κ3) is 4.16. The zero-order valence-corrected chi connectivity index (χ0v) is 11.2.